The summed E-state index contributed by atoms with van der Waals surface area (Å²) in [4.78, 5) is 13.7. The average Bonchev–Trinajstić information content (AvgIpc) is 1.91. The average molecular weight is 243 g/mol. The van der Waals surface area contributed by atoms with Gasteiger partial charge < -0.3 is 5.11 Å². The van der Waals surface area contributed by atoms with E-state index in [2.05, 4.69) is 46.4 Å². The summed E-state index contributed by atoms with van der Waals surface area (Å²) in [7, 11) is 0. The van der Waals surface area contributed by atoms with Gasteiger partial charge in [-0.05, 0) is 47.0 Å². The maximum Gasteiger partial charge on any atom is 0.321 e. The highest BCUT2D eigenvalue weighted by atomic mass is 16.4. The molecule has 0 aliphatic heterocycles. The van der Waals surface area contributed by atoms with E-state index in [0.29, 0.717) is 0 Å². The zero-order valence-corrected chi connectivity index (χ0v) is 12.9. The number of hydrogen-bond donors (Lipinski definition) is 1. The number of rotatable bonds is 2. The molecule has 0 amide bonds. The Morgan fingerprint density at radius 3 is 1.24 bits per heavy atom. The van der Waals surface area contributed by atoms with Crippen molar-refractivity contribution < 1.29 is 9.90 Å². The monoisotopic (exact) mass is 243 g/mol. The van der Waals surface area contributed by atoms with Crippen molar-refractivity contribution in [1.82, 2.24) is 4.90 Å². The standard InChI is InChI=1S/C14H29NO2/c1-12(2,3)10(11(16)17)15(13(4,5)6)14(7,8)9/h10H,1-9H3,(H,16,17)/t10-/m0/s1. The molecule has 1 N–H and O–H groups in total. The van der Waals surface area contributed by atoms with E-state index in [9.17, 15) is 9.90 Å². The molecular weight excluding hydrogens is 214 g/mol. The molecule has 0 aliphatic carbocycles. The Balaban J connectivity index is 5.66. The third-order valence-corrected chi connectivity index (χ3v) is 2.76. The number of nitrogens with zero attached hydrogens (tertiary/aromatic N) is 1. The molecule has 0 saturated carbocycles. The third kappa shape index (κ3) is 4.30. The molecule has 17 heavy (non-hydrogen) atoms. The van der Waals surface area contributed by atoms with Crippen molar-refractivity contribution in [2.45, 2.75) is 79.4 Å². The molecular formula is C14H29NO2. The highest BCUT2D eigenvalue weighted by molar-refractivity contribution is 5.74. The van der Waals surface area contributed by atoms with Gasteiger partial charge in [0.25, 0.3) is 0 Å². The zero-order valence-electron chi connectivity index (χ0n) is 12.9. The lowest BCUT2D eigenvalue weighted by Gasteiger charge is -2.52. The Bertz CT molecular complexity index is 262. The Kier molecular flexibility index (Phi) is 4.45. The zero-order chi connectivity index (χ0) is 14.2. The van der Waals surface area contributed by atoms with Gasteiger partial charge in [-0.2, -0.15) is 0 Å². The lowest BCUT2D eigenvalue weighted by atomic mass is 9.80. The first kappa shape index (κ1) is 16.4. The van der Waals surface area contributed by atoms with E-state index in [1.807, 2.05) is 20.8 Å². The molecule has 0 saturated heterocycles. The van der Waals surface area contributed by atoms with Gasteiger partial charge in [0, 0.05) is 11.1 Å². The number of carbonyl (C=O) groups is 1. The lowest BCUT2D eigenvalue weighted by Crippen LogP contribution is -2.63. The summed E-state index contributed by atoms with van der Waals surface area (Å²) < 4.78 is 0. The Labute approximate surface area is 106 Å². The van der Waals surface area contributed by atoms with Crippen molar-refractivity contribution >= 4 is 5.97 Å². The normalized spacial score (nSPS) is 16.1. The van der Waals surface area contributed by atoms with Gasteiger partial charge in [-0.3, -0.25) is 9.69 Å². The van der Waals surface area contributed by atoms with E-state index in [1.165, 1.54) is 0 Å². The van der Waals surface area contributed by atoms with Crippen LogP contribution in [0.4, 0.5) is 0 Å². The quantitative estimate of drug-likeness (QED) is 0.808. The molecule has 102 valence electrons. The van der Waals surface area contributed by atoms with Crippen molar-refractivity contribution in [2.24, 2.45) is 5.41 Å². The molecule has 0 aromatic rings. The van der Waals surface area contributed by atoms with Crippen LogP contribution in [0.2, 0.25) is 0 Å². The van der Waals surface area contributed by atoms with Crippen molar-refractivity contribution in [1.29, 1.82) is 0 Å². The summed E-state index contributed by atoms with van der Waals surface area (Å²) in [6.07, 6.45) is 0. The topological polar surface area (TPSA) is 40.5 Å². The maximum atomic E-state index is 11.6. The van der Waals surface area contributed by atoms with Crippen molar-refractivity contribution in [2.75, 3.05) is 0 Å². The molecule has 0 aromatic carbocycles. The first-order valence-electron chi connectivity index (χ1n) is 6.21. The van der Waals surface area contributed by atoms with E-state index < -0.39 is 12.0 Å². The SMILES string of the molecule is CC(C)(C)[C@H](C(=O)O)N(C(C)(C)C)C(C)(C)C. The van der Waals surface area contributed by atoms with Crippen LogP contribution in [0.15, 0.2) is 0 Å². The van der Waals surface area contributed by atoms with E-state index in [4.69, 9.17) is 0 Å². The van der Waals surface area contributed by atoms with Gasteiger partial charge in [0.1, 0.15) is 6.04 Å². The first-order chi connectivity index (χ1) is 7.19. The molecule has 1 atom stereocenters. The van der Waals surface area contributed by atoms with Crippen LogP contribution in [-0.4, -0.2) is 33.1 Å². The fourth-order valence-corrected chi connectivity index (χ4v) is 2.65. The summed E-state index contributed by atoms with van der Waals surface area (Å²) in [6, 6.07) is -0.498. The van der Waals surface area contributed by atoms with E-state index in [-0.39, 0.29) is 16.5 Å². The van der Waals surface area contributed by atoms with Crippen LogP contribution in [0, 0.1) is 5.41 Å². The van der Waals surface area contributed by atoms with Crippen LogP contribution >= 0.6 is 0 Å². The van der Waals surface area contributed by atoms with Crippen LogP contribution < -0.4 is 0 Å². The van der Waals surface area contributed by atoms with Gasteiger partial charge >= 0.3 is 5.97 Å². The summed E-state index contributed by atoms with van der Waals surface area (Å²) in [5.74, 6) is -0.748. The summed E-state index contributed by atoms with van der Waals surface area (Å²) in [6.45, 7) is 18.4. The van der Waals surface area contributed by atoms with Crippen LogP contribution in [-0.2, 0) is 4.79 Å². The third-order valence-electron chi connectivity index (χ3n) is 2.76. The second-order valence-corrected chi connectivity index (χ2v) is 7.82. The van der Waals surface area contributed by atoms with Gasteiger partial charge in [0.15, 0.2) is 0 Å². The maximum absolute atomic E-state index is 11.6. The number of hydrogen-bond acceptors (Lipinski definition) is 2. The van der Waals surface area contributed by atoms with Crippen LogP contribution in [0.5, 0.6) is 0 Å². The van der Waals surface area contributed by atoms with Crippen molar-refractivity contribution in [3.8, 4) is 0 Å². The Morgan fingerprint density at radius 1 is 0.882 bits per heavy atom. The van der Waals surface area contributed by atoms with Crippen molar-refractivity contribution in [3.05, 3.63) is 0 Å². The molecule has 0 bridgehead atoms. The lowest BCUT2D eigenvalue weighted by molar-refractivity contribution is -0.157. The fraction of sp³-hybridized carbons (Fsp3) is 0.929. The predicted molar refractivity (Wildman–Crippen MR) is 72.2 cm³/mol. The summed E-state index contributed by atoms with van der Waals surface area (Å²) in [5.41, 5.74) is -0.671. The number of carboxylic acid groups (broad SMARTS) is 1. The highest BCUT2D eigenvalue weighted by Gasteiger charge is 2.46. The minimum atomic E-state index is -0.748. The van der Waals surface area contributed by atoms with Crippen LogP contribution in [0.25, 0.3) is 0 Å². The molecule has 0 spiro atoms. The first-order valence-corrected chi connectivity index (χ1v) is 6.21. The van der Waals surface area contributed by atoms with E-state index in [1.54, 1.807) is 0 Å². The molecule has 0 heterocycles. The summed E-state index contributed by atoms with van der Waals surface area (Å²) in [5, 5.41) is 9.56. The molecule has 0 aromatic heterocycles. The molecule has 0 aliphatic rings. The molecule has 0 rings (SSSR count). The Hall–Kier alpha value is -0.570. The minimum absolute atomic E-state index is 0.186. The molecule has 0 fully saturated rings. The van der Waals surface area contributed by atoms with Crippen molar-refractivity contribution in [3.63, 3.8) is 0 Å². The van der Waals surface area contributed by atoms with Gasteiger partial charge in [0.2, 0.25) is 0 Å². The van der Waals surface area contributed by atoms with Crippen LogP contribution in [0.3, 0.4) is 0 Å². The number of carboxylic acids is 1. The molecule has 0 unspecified atom stereocenters. The minimum Gasteiger partial charge on any atom is -0.480 e. The summed E-state index contributed by atoms with van der Waals surface area (Å²) >= 11 is 0. The van der Waals surface area contributed by atoms with Gasteiger partial charge in [0.05, 0.1) is 0 Å². The Morgan fingerprint density at radius 2 is 1.18 bits per heavy atom. The second kappa shape index (κ2) is 4.60. The van der Waals surface area contributed by atoms with Gasteiger partial charge in [-0.15, -0.1) is 0 Å². The molecule has 0 radical (unpaired) electrons. The largest absolute Gasteiger partial charge is 0.480 e. The molecule has 3 nitrogen and oxygen atoms in total. The van der Waals surface area contributed by atoms with Gasteiger partial charge in [-0.25, -0.2) is 0 Å². The van der Waals surface area contributed by atoms with Gasteiger partial charge in [-0.1, -0.05) is 20.8 Å². The van der Waals surface area contributed by atoms with E-state index >= 15 is 0 Å². The van der Waals surface area contributed by atoms with E-state index in [0.717, 1.165) is 0 Å². The fourth-order valence-electron chi connectivity index (χ4n) is 2.65. The predicted octanol–water partition coefficient (Wildman–Crippen LogP) is 3.38. The van der Waals surface area contributed by atoms with Crippen LogP contribution in [0.1, 0.15) is 62.3 Å². The highest BCUT2D eigenvalue weighted by Crippen LogP contribution is 2.35. The number of aliphatic carboxylic acids is 1. The second-order valence-electron chi connectivity index (χ2n) is 7.82. The molecule has 3 heteroatoms. The smallest absolute Gasteiger partial charge is 0.321 e.